The molecular weight excluding hydrogens is 434 g/mol. The Kier molecular flexibility index (Phi) is 12.9. The van der Waals surface area contributed by atoms with E-state index in [2.05, 4.69) is 16.0 Å². The quantitative estimate of drug-likeness (QED) is 0.133. The third-order valence-electron chi connectivity index (χ3n) is 3.96. The van der Waals surface area contributed by atoms with Gasteiger partial charge in [-0.3, -0.25) is 24.0 Å². The number of nitrogens with one attached hydrogen (secondary N) is 3. The van der Waals surface area contributed by atoms with Gasteiger partial charge in [0.1, 0.15) is 18.1 Å². The molecule has 0 aromatic heterocycles. The van der Waals surface area contributed by atoms with Crippen LogP contribution in [0.15, 0.2) is 0 Å². The van der Waals surface area contributed by atoms with Crippen LogP contribution < -0.4 is 27.4 Å². The molecule has 0 saturated carbocycles. The Hall–Kier alpha value is -2.87. The van der Waals surface area contributed by atoms with Crippen LogP contribution in [0.25, 0.3) is 0 Å². The number of carbonyl (C=O) groups excluding carboxylic acids is 4. The smallest absolute Gasteiger partial charge is 0.326 e. The van der Waals surface area contributed by atoms with E-state index in [0.29, 0.717) is 5.75 Å². The Morgan fingerprint density at radius 3 is 1.84 bits per heavy atom. The Labute approximate surface area is 183 Å². The molecule has 0 aliphatic rings. The molecule has 13 nitrogen and oxygen atoms in total. The van der Waals surface area contributed by atoms with Gasteiger partial charge in [0.05, 0.1) is 12.5 Å². The highest BCUT2D eigenvalue weighted by atomic mass is 32.2. The first kappa shape index (κ1) is 28.1. The van der Waals surface area contributed by atoms with Crippen molar-refractivity contribution in [3.05, 3.63) is 0 Å². The average Bonchev–Trinajstić information content (AvgIpc) is 2.66. The molecule has 31 heavy (non-hydrogen) atoms. The molecule has 4 amide bonds. The molecule has 0 fully saturated rings. The maximum atomic E-state index is 12.6. The van der Waals surface area contributed by atoms with Gasteiger partial charge >= 0.3 is 11.9 Å². The van der Waals surface area contributed by atoms with Crippen LogP contribution in [0, 0.1) is 0 Å². The fourth-order valence-electron chi connectivity index (χ4n) is 2.28. The van der Waals surface area contributed by atoms with E-state index in [-0.39, 0.29) is 19.3 Å². The largest absolute Gasteiger partial charge is 0.481 e. The van der Waals surface area contributed by atoms with Crippen LogP contribution in [0.2, 0.25) is 0 Å². The molecule has 4 atom stereocenters. The molecule has 0 aliphatic carbocycles. The number of carboxylic acid groups (broad SMARTS) is 2. The van der Waals surface area contributed by atoms with Crippen LogP contribution in [-0.4, -0.2) is 82.0 Å². The lowest BCUT2D eigenvalue weighted by molar-refractivity contribution is -0.143. The predicted octanol–water partition coefficient (Wildman–Crippen LogP) is -2.63. The number of amides is 4. The van der Waals surface area contributed by atoms with E-state index >= 15 is 0 Å². The fourth-order valence-corrected chi connectivity index (χ4v) is 2.75. The lowest BCUT2D eigenvalue weighted by atomic mass is 10.1. The second kappa shape index (κ2) is 14.2. The molecule has 0 spiro atoms. The van der Waals surface area contributed by atoms with Gasteiger partial charge in [-0.25, -0.2) is 4.79 Å². The van der Waals surface area contributed by atoms with Gasteiger partial charge in [-0.05, 0) is 31.8 Å². The lowest BCUT2D eigenvalue weighted by Gasteiger charge is -2.24. The zero-order valence-corrected chi connectivity index (χ0v) is 18.1. The number of hydrogen-bond donors (Lipinski definition) is 7. The summed E-state index contributed by atoms with van der Waals surface area (Å²) in [7, 11) is 0. The van der Waals surface area contributed by atoms with Gasteiger partial charge < -0.3 is 37.6 Å². The molecule has 0 saturated heterocycles. The van der Waals surface area contributed by atoms with E-state index in [1.165, 1.54) is 18.7 Å². The molecular formula is C17H29N5O8S. The van der Waals surface area contributed by atoms with E-state index in [9.17, 15) is 33.9 Å². The highest BCUT2D eigenvalue weighted by Crippen LogP contribution is 2.05. The minimum atomic E-state index is -1.62. The van der Waals surface area contributed by atoms with Crippen molar-refractivity contribution in [1.29, 1.82) is 0 Å². The summed E-state index contributed by atoms with van der Waals surface area (Å²) in [5.41, 5.74) is 10.5. The summed E-state index contributed by atoms with van der Waals surface area (Å²) in [5, 5.41) is 25.0. The van der Waals surface area contributed by atoms with Crippen LogP contribution >= 0.6 is 11.8 Å². The van der Waals surface area contributed by atoms with Crippen molar-refractivity contribution in [2.75, 3.05) is 12.0 Å². The zero-order valence-electron chi connectivity index (χ0n) is 17.3. The number of thioether (sulfide) groups is 1. The number of primary amides is 1. The van der Waals surface area contributed by atoms with Crippen LogP contribution in [0.1, 0.15) is 32.6 Å². The summed E-state index contributed by atoms with van der Waals surface area (Å²) in [6, 6.07) is -5.12. The highest BCUT2D eigenvalue weighted by molar-refractivity contribution is 7.98. The molecule has 176 valence electrons. The monoisotopic (exact) mass is 463 g/mol. The summed E-state index contributed by atoms with van der Waals surface area (Å²) in [4.78, 5) is 70.2. The van der Waals surface area contributed by atoms with E-state index in [4.69, 9.17) is 16.6 Å². The maximum Gasteiger partial charge on any atom is 0.326 e. The van der Waals surface area contributed by atoms with Gasteiger partial charge in [-0.1, -0.05) is 0 Å². The lowest BCUT2D eigenvalue weighted by Crippen LogP contribution is -2.57. The Bertz CT molecular complexity index is 687. The second-order valence-electron chi connectivity index (χ2n) is 6.69. The van der Waals surface area contributed by atoms with Crippen LogP contribution in [0.3, 0.4) is 0 Å². The number of hydrogen-bond acceptors (Lipinski definition) is 8. The normalized spacial score (nSPS) is 14.4. The summed E-state index contributed by atoms with van der Waals surface area (Å²) < 4.78 is 0. The third kappa shape index (κ3) is 11.8. The van der Waals surface area contributed by atoms with Crippen LogP contribution in [0.4, 0.5) is 0 Å². The van der Waals surface area contributed by atoms with E-state index < -0.39 is 66.2 Å². The predicted molar refractivity (Wildman–Crippen MR) is 111 cm³/mol. The van der Waals surface area contributed by atoms with Crippen molar-refractivity contribution in [2.24, 2.45) is 11.5 Å². The molecule has 0 rings (SSSR count). The van der Waals surface area contributed by atoms with E-state index in [1.807, 2.05) is 0 Å². The van der Waals surface area contributed by atoms with Gasteiger partial charge in [-0.2, -0.15) is 11.8 Å². The molecule has 0 radical (unpaired) electrons. The zero-order chi connectivity index (χ0) is 24.1. The first-order valence-electron chi connectivity index (χ1n) is 9.27. The number of nitrogens with two attached hydrogens (primary N) is 2. The molecule has 0 bridgehead atoms. The molecule has 4 unspecified atom stereocenters. The van der Waals surface area contributed by atoms with Gasteiger partial charge in [0.2, 0.25) is 23.6 Å². The van der Waals surface area contributed by atoms with Crippen molar-refractivity contribution < 1.29 is 39.0 Å². The van der Waals surface area contributed by atoms with Crippen LogP contribution in [0.5, 0.6) is 0 Å². The topological polar surface area (TPSA) is 231 Å². The van der Waals surface area contributed by atoms with Crippen molar-refractivity contribution in [3.8, 4) is 0 Å². The SMILES string of the molecule is CSCCC(NC(=O)C(C)N)C(=O)NC(CC(=O)O)C(=O)NC(CCC(N)=O)C(=O)O. The van der Waals surface area contributed by atoms with Crippen molar-refractivity contribution in [3.63, 3.8) is 0 Å². The number of carboxylic acids is 2. The first-order valence-corrected chi connectivity index (χ1v) is 10.7. The molecule has 14 heteroatoms. The molecule has 0 aromatic carbocycles. The highest BCUT2D eigenvalue weighted by Gasteiger charge is 2.31. The van der Waals surface area contributed by atoms with Gasteiger partial charge in [-0.15, -0.1) is 0 Å². The van der Waals surface area contributed by atoms with Crippen molar-refractivity contribution >= 4 is 47.3 Å². The van der Waals surface area contributed by atoms with E-state index in [1.54, 1.807) is 6.26 Å². The molecule has 9 N–H and O–H groups in total. The first-order chi connectivity index (χ1) is 14.4. The van der Waals surface area contributed by atoms with Gasteiger partial charge in [0, 0.05) is 6.42 Å². The van der Waals surface area contributed by atoms with Gasteiger partial charge in [0.15, 0.2) is 0 Å². The number of aliphatic carboxylic acids is 2. The second-order valence-corrected chi connectivity index (χ2v) is 7.68. The number of rotatable bonds is 15. The van der Waals surface area contributed by atoms with Gasteiger partial charge in [0.25, 0.3) is 0 Å². The fraction of sp³-hybridized carbons (Fsp3) is 0.647. The Balaban J connectivity index is 5.40. The summed E-state index contributed by atoms with van der Waals surface area (Å²) in [6.07, 6.45) is 0.485. The minimum Gasteiger partial charge on any atom is -0.481 e. The van der Waals surface area contributed by atoms with E-state index in [0.717, 1.165) is 0 Å². The third-order valence-corrected chi connectivity index (χ3v) is 4.61. The van der Waals surface area contributed by atoms with Crippen molar-refractivity contribution in [1.82, 2.24) is 16.0 Å². The standard InChI is InChI=1S/C17H29N5O8S/c1-8(18)14(26)20-9(5-6-31-2)15(27)22-11(7-13(24)25)16(28)21-10(17(29)30)3-4-12(19)23/h8-11H,3-7,18H2,1-2H3,(H2,19,23)(H,20,26)(H,21,28)(H,22,27)(H,24,25)(H,29,30). The summed E-state index contributed by atoms with van der Waals surface area (Å²) in [5.74, 6) is -5.71. The summed E-state index contributed by atoms with van der Waals surface area (Å²) >= 11 is 1.40. The average molecular weight is 464 g/mol. The molecule has 0 aromatic rings. The summed E-state index contributed by atoms with van der Waals surface area (Å²) in [6.45, 7) is 1.41. The molecule has 0 aliphatic heterocycles. The minimum absolute atomic E-state index is 0.184. The van der Waals surface area contributed by atoms with Crippen LogP contribution in [-0.2, 0) is 28.8 Å². The number of carbonyl (C=O) groups is 6. The Morgan fingerprint density at radius 2 is 1.39 bits per heavy atom. The molecule has 0 heterocycles. The van der Waals surface area contributed by atoms with Crippen molar-refractivity contribution in [2.45, 2.75) is 56.8 Å². The maximum absolute atomic E-state index is 12.6. The Morgan fingerprint density at radius 1 is 0.871 bits per heavy atom.